The summed E-state index contributed by atoms with van der Waals surface area (Å²) in [4.78, 5) is 17.4. The van der Waals surface area contributed by atoms with Gasteiger partial charge in [-0.25, -0.2) is 9.78 Å². The molecule has 9 rings (SSSR count). The summed E-state index contributed by atoms with van der Waals surface area (Å²) >= 11 is 1.58. The Morgan fingerprint density at radius 2 is 1.60 bits per heavy atom. The zero-order valence-corrected chi connectivity index (χ0v) is 27.8. The lowest BCUT2D eigenvalue weighted by molar-refractivity contribution is -0.245. The van der Waals surface area contributed by atoms with Crippen LogP contribution in [0.3, 0.4) is 0 Å². The number of carbonyl (C=O) groups is 1. The molecule has 9 nitrogen and oxygen atoms in total. The Kier molecular flexibility index (Phi) is 8.98. The molecule has 1 saturated heterocycles. The maximum atomic E-state index is 13.1. The van der Waals surface area contributed by atoms with Crippen LogP contribution in [0.2, 0.25) is 0 Å². The number of aromatic nitrogens is 3. The number of thioether (sulfide) groups is 1. The highest BCUT2D eigenvalue weighted by Crippen LogP contribution is 2.55. The molecule has 48 heavy (non-hydrogen) atoms. The lowest BCUT2D eigenvalue weighted by Gasteiger charge is -2.56. The van der Waals surface area contributed by atoms with E-state index in [1.807, 2.05) is 42.5 Å². The molecular weight excluding hydrogens is 623 g/mol. The largest absolute Gasteiger partial charge is 0.392 e. The number of aromatic amines is 1. The first-order chi connectivity index (χ1) is 23.5. The van der Waals surface area contributed by atoms with Crippen molar-refractivity contribution in [3.8, 4) is 11.1 Å². The summed E-state index contributed by atoms with van der Waals surface area (Å²) in [5.41, 5.74) is 6.05. The van der Waals surface area contributed by atoms with E-state index < -0.39 is 6.29 Å². The van der Waals surface area contributed by atoms with Crippen LogP contribution in [-0.2, 0) is 22.6 Å². The minimum atomic E-state index is -0.556. The second-order valence-corrected chi connectivity index (χ2v) is 15.3. The summed E-state index contributed by atoms with van der Waals surface area (Å²) in [6.45, 7) is 0.481. The van der Waals surface area contributed by atoms with Crippen LogP contribution in [0, 0.1) is 17.8 Å². The van der Waals surface area contributed by atoms with E-state index in [0.29, 0.717) is 18.7 Å². The van der Waals surface area contributed by atoms with E-state index in [9.17, 15) is 9.90 Å². The number of hydrogen-bond donors (Lipinski definition) is 4. The molecule has 2 amide bonds. The zero-order chi connectivity index (χ0) is 32.5. The van der Waals surface area contributed by atoms with Crippen molar-refractivity contribution in [1.82, 2.24) is 25.8 Å². The summed E-state index contributed by atoms with van der Waals surface area (Å²) in [5, 5.41) is 23.7. The van der Waals surface area contributed by atoms with E-state index >= 15 is 0 Å². The number of aliphatic hydroxyl groups is 1. The first-order valence-electron chi connectivity index (χ1n) is 17.2. The number of aliphatic hydroxyl groups excluding tert-OH is 1. The van der Waals surface area contributed by atoms with Gasteiger partial charge in [0, 0.05) is 29.8 Å². The van der Waals surface area contributed by atoms with Gasteiger partial charge in [0.05, 0.1) is 18.8 Å². The van der Waals surface area contributed by atoms with E-state index in [2.05, 4.69) is 56.1 Å². The molecule has 4 aromatic rings. The standard InChI is InChI=1S/C38H43N5O4S/c44-21-24-7-9-29(10-8-24)34-16-33(22-48-37-40-23-41-43-37)46-35(47-34)32-6-2-5-31(15-32)30-4-1-3-25(14-30)20-39-36(45)42-38-17-26-11-27(18-38)13-28(12-26)19-38/h1-10,14-15,23,26-28,33-35,44H,11-13,16-22H2,(H2,39,42,45)(H,40,41,43)/t26?,27?,28?,33-,34+,35+,38?/m1/s1. The Hall–Kier alpha value is -3.70. The fraction of sp³-hybridized carbons (Fsp3) is 0.447. The average Bonchev–Trinajstić information content (AvgIpc) is 3.63. The van der Waals surface area contributed by atoms with Crippen LogP contribution in [0.1, 0.15) is 79.6 Å². The van der Waals surface area contributed by atoms with E-state index in [0.717, 1.165) is 75.6 Å². The maximum Gasteiger partial charge on any atom is 0.315 e. The molecule has 2 heterocycles. The predicted molar refractivity (Wildman–Crippen MR) is 184 cm³/mol. The Morgan fingerprint density at radius 1 is 0.875 bits per heavy atom. The number of hydrogen-bond acceptors (Lipinski definition) is 7. The van der Waals surface area contributed by atoms with Crippen molar-refractivity contribution in [3.63, 3.8) is 0 Å². The normalized spacial score (nSPS) is 29.1. The number of benzene rings is 3. The van der Waals surface area contributed by atoms with Crippen LogP contribution in [-0.4, -0.2) is 43.7 Å². The van der Waals surface area contributed by atoms with Crippen molar-refractivity contribution in [2.24, 2.45) is 17.8 Å². The lowest BCUT2D eigenvalue weighted by Crippen LogP contribution is -2.61. The molecule has 4 bridgehead atoms. The molecule has 0 radical (unpaired) electrons. The highest BCUT2D eigenvalue weighted by molar-refractivity contribution is 7.99. The Morgan fingerprint density at radius 3 is 2.31 bits per heavy atom. The lowest BCUT2D eigenvalue weighted by atomic mass is 9.53. The SMILES string of the molecule is O=C(NCc1cccc(-c2cccc([C@H]3O[C@@H](CSc4ncn[nH]4)C[C@@H](c4ccc(CO)cc4)O3)c2)c1)NC12CC3CC(CC(C3)C1)C2. The number of urea groups is 1. The fourth-order valence-electron chi connectivity index (χ4n) is 8.92. The number of nitrogens with zero attached hydrogens (tertiary/aromatic N) is 2. The first-order valence-corrected chi connectivity index (χ1v) is 18.2. The fourth-order valence-corrected chi connectivity index (χ4v) is 9.71. The summed E-state index contributed by atoms with van der Waals surface area (Å²) in [6, 6.07) is 24.6. The van der Waals surface area contributed by atoms with Crippen LogP contribution in [0.15, 0.2) is 84.3 Å². The molecule has 10 heteroatoms. The molecule has 3 atom stereocenters. The molecule has 0 spiro atoms. The Labute approximate surface area is 285 Å². The molecule has 1 aromatic heterocycles. The van der Waals surface area contributed by atoms with Gasteiger partial charge in [0.1, 0.15) is 6.33 Å². The van der Waals surface area contributed by atoms with Crippen molar-refractivity contribution in [1.29, 1.82) is 0 Å². The van der Waals surface area contributed by atoms with Gasteiger partial charge in [0.2, 0.25) is 0 Å². The molecule has 5 aliphatic rings. The van der Waals surface area contributed by atoms with Gasteiger partial charge in [0.25, 0.3) is 0 Å². The second kappa shape index (κ2) is 13.7. The van der Waals surface area contributed by atoms with Gasteiger partial charge in [-0.05, 0) is 96.2 Å². The first kappa shape index (κ1) is 31.6. The van der Waals surface area contributed by atoms with Crippen LogP contribution in [0.5, 0.6) is 0 Å². The Balaban J connectivity index is 0.949. The van der Waals surface area contributed by atoms with Gasteiger partial charge < -0.3 is 25.2 Å². The van der Waals surface area contributed by atoms with Crippen LogP contribution in [0.25, 0.3) is 11.1 Å². The van der Waals surface area contributed by atoms with Gasteiger partial charge in [0.15, 0.2) is 11.4 Å². The van der Waals surface area contributed by atoms with Crippen molar-refractivity contribution in [2.75, 3.05) is 5.75 Å². The average molecular weight is 666 g/mol. The van der Waals surface area contributed by atoms with Crippen LogP contribution in [0.4, 0.5) is 4.79 Å². The molecule has 4 saturated carbocycles. The minimum absolute atomic E-state index is 0.0000565. The molecule has 4 aliphatic carbocycles. The highest BCUT2D eigenvalue weighted by Gasteiger charge is 2.51. The summed E-state index contributed by atoms with van der Waals surface area (Å²) < 4.78 is 13.1. The van der Waals surface area contributed by atoms with E-state index in [1.165, 1.54) is 25.6 Å². The van der Waals surface area contributed by atoms with Crippen molar-refractivity contribution >= 4 is 17.8 Å². The third kappa shape index (κ3) is 7.03. The summed E-state index contributed by atoms with van der Waals surface area (Å²) in [5.74, 6) is 3.08. The summed E-state index contributed by atoms with van der Waals surface area (Å²) in [7, 11) is 0. The van der Waals surface area contributed by atoms with Crippen molar-refractivity contribution in [2.45, 2.75) is 87.3 Å². The molecule has 250 valence electrons. The van der Waals surface area contributed by atoms with Gasteiger partial charge in [-0.2, -0.15) is 5.10 Å². The van der Waals surface area contributed by atoms with Crippen LogP contribution >= 0.6 is 11.8 Å². The van der Waals surface area contributed by atoms with Gasteiger partial charge in [-0.3, -0.25) is 5.10 Å². The molecular formula is C38H43N5O4S. The number of rotatable bonds is 10. The van der Waals surface area contributed by atoms with Crippen molar-refractivity contribution < 1.29 is 19.4 Å². The van der Waals surface area contributed by atoms with E-state index in [4.69, 9.17) is 9.47 Å². The minimum Gasteiger partial charge on any atom is -0.392 e. The molecule has 3 aromatic carbocycles. The summed E-state index contributed by atoms with van der Waals surface area (Å²) in [6.07, 6.45) is 8.91. The number of ether oxygens (including phenoxy) is 2. The molecule has 0 unspecified atom stereocenters. The zero-order valence-electron chi connectivity index (χ0n) is 27.0. The highest BCUT2D eigenvalue weighted by atomic mass is 32.2. The predicted octanol–water partition coefficient (Wildman–Crippen LogP) is 7.07. The third-order valence-corrected chi connectivity index (χ3v) is 11.7. The maximum absolute atomic E-state index is 13.1. The van der Waals surface area contributed by atoms with E-state index in [1.54, 1.807) is 11.8 Å². The number of nitrogens with one attached hydrogen (secondary N) is 3. The van der Waals surface area contributed by atoms with Gasteiger partial charge >= 0.3 is 6.03 Å². The van der Waals surface area contributed by atoms with Crippen molar-refractivity contribution in [3.05, 3.63) is 101 Å². The molecule has 1 aliphatic heterocycles. The molecule has 4 N–H and O–H groups in total. The quantitative estimate of drug-likeness (QED) is 0.134. The topological polar surface area (TPSA) is 121 Å². The van der Waals surface area contributed by atoms with Crippen LogP contribution < -0.4 is 10.6 Å². The number of amides is 2. The van der Waals surface area contributed by atoms with Gasteiger partial charge in [-0.1, -0.05) is 72.4 Å². The second-order valence-electron chi connectivity index (χ2n) is 14.3. The smallest absolute Gasteiger partial charge is 0.315 e. The third-order valence-electron chi connectivity index (χ3n) is 10.7. The van der Waals surface area contributed by atoms with Gasteiger partial charge in [-0.15, -0.1) is 0 Å². The Bertz CT molecular complexity index is 1680. The number of carbonyl (C=O) groups excluding carboxylic acids is 1. The van der Waals surface area contributed by atoms with E-state index in [-0.39, 0.29) is 30.4 Å². The molecule has 5 fully saturated rings. The monoisotopic (exact) mass is 665 g/mol. The number of H-pyrrole nitrogens is 1.